The van der Waals surface area contributed by atoms with Gasteiger partial charge in [0.2, 0.25) is 0 Å². The zero-order valence-corrected chi connectivity index (χ0v) is 23.5. The molecule has 3 amide bonds. The van der Waals surface area contributed by atoms with Crippen LogP contribution in [0.4, 0.5) is 5.69 Å². The first-order valence-electron chi connectivity index (χ1n) is 12.3. The predicted octanol–water partition coefficient (Wildman–Crippen LogP) is 3.82. The van der Waals surface area contributed by atoms with Crippen molar-refractivity contribution in [3.63, 3.8) is 0 Å². The summed E-state index contributed by atoms with van der Waals surface area (Å²) in [5, 5.41) is 10.2. The third-order valence-electron chi connectivity index (χ3n) is 8.15. The van der Waals surface area contributed by atoms with Crippen LogP contribution in [0.2, 0.25) is 0 Å². The fourth-order valence-corrected chi connectivity index (χ4v) is 7.58. The Labute approximate surface area is 233 Å². The van der Waals surface area contributed by atoms with Crippen LogP contribution in [0.3, 0.4) is 0 Å². The quantitative estimate of drug-likeness (QED) is 0.128. The van der Waals surface area contributed by atoms with Crippen molar-refractivity contribution in [1.82, 2.24) is 9.80 Å². The minimum absolute atomic E-state index is 0.0146. The molecule has 5 rings (SSSR count). The topological polar surface area (TPSA) is 127 Å². The maximum absolute atomic E-state index is 13.5. The van der Waals surface area contributed by atoms with E-state index in [0.29, 0.717) is 16.7 Å². The summed E-state index contributed by atoms with van der Waals surface area (Å²) >= 11 is 7.57. The number of carbonyl (C=O) groups excluding carboxylic acids is 4. The first-order chi connectivity index (χ1) is 18.3. The van der Waals surface area contributed by atoms with Crippen LogP contribution < -0.4 is 0 Å². The van der Waals surface area contributed by atoms with E-state index < -0.39 is 50.8 Å². The van der Waals surface area contributed by atoms with Gasteiger partial charge in [-0.25, -0.2) is 4.79 Å². The van der Waals surface area contributed by atoms with E-state index in [9.17, 15) is 29.3 Å². The summed E-state index contributed by atoms with van der Waals surface area (Å²) in [5.41, 5.74) is 4.40. The molecule has 12 heteroatoms. The van der Waals surface area contributed by atoms with E-state index >= 15 is 0 Å². The Morgan fingerprint density at radius 2 is 1.56 bits per heavy atom. The second-order valence-corrected chi connectivity index (χ2v) is 12.2. The third-order valence-corrected chi connectivity index (χ3v) is 10.5. The third kappa shape index (κ3) is 3.85. The summed E-state index contributed by atoms with van der Waals surface area (Å²) in [6.45, 7) is 9.00. The van der Waals surface area contributed by atoms with Gasteiger partial charge in [0, 0.05) is 18.0 Å². The Morgan fingerprint density at radius 3 is 2.05 bits per heavy atom. The maximum Gasteiger partial charge on any atom is 0.330 e. The number of nitrogens with zero attached hydrogens (tertiary/aromatic N) is 3. The Morgan fingerprint density at radius 1 is 1.03 bits per heavy atom. The van der Waals surface area contributed by atoms with E-state index in [2.05, 4.69) is 0 Å². The highest BCUT2D eigenvalue weighted by atomic mass is 35.5. The summed E-state index contributed by atoms with van der Waals surface area (Å²) in [6, 6.07) is 3.50. The zero-order chi connectivity index (χ0) is 28.5. The smallest absolute Gasteiger partial charge is 0.330 e. The Bertz CT molecular complexity index is 1430. The van der Waals surface area contributed by atoms with Crippen molar-refractivity contribution in [2.75, 3.05) is 5.88 Å². The molecular formula is C27H26ClN3O7S. The predicted molar refractivity (Wildman–Crippen MR) is 144 cm³/mol. The number of amides is 3. The van der Waals surface area contributed by atoms with Crippen molar-refractivity contribution in [2.24, 2.45) is 0 Å². The van der Waals surface area contributed by atoms with E-state index in [1.54, 1.807) is 20.8 Å². The number of hydrogen-bond donors (Lipinski definition) is 0. The molecule has 2 unspecified atom stereocenters. The molecule has 2 aromatic carbocycles. The number of non-ortho nitro benzene ring substituents is 1. The molecule has 2 aromatic rings. The molecule has 0 saturated carbocycles. The molecular weight excluding hydrogens is 546 g/mol. The number of ether oxygens (including phenoxy) is 1. The second-order valence-electron chi connectivity index (χ2n) is 10.3. The normalized spacial score (nSPS) is 25.5. The highest BCUT2D eigenvalue weighted by molar-refractivity contribution is 8.01. The average Bonchev–Trinajstić information content (AvgIpc) is 3.33. The van der Waals surface area contributed by atoms with Gasteiger partial charge in [0.1, 0.15) is 24.1 Å². The largest absolute Gasteiger partial charge is 0.459 e. The van der Waals surface area contributed by atoms with Gasteiger partial charge in [-0.05, 0) is 74.6 Å². The van der Waals surface area contributed by atoms with Gasteiger partial charge in [0.25, 0.3) is 23.4 Å². The van der Waals surface area contributed by atoms with Gasteiger partial charge in [-0.3, -0.25) is 29.4 Å². The molecule has 0 aliphatic carbocycles. The summed E-state index contributed by atoms with van der Waals surface area (Å²) < 4.78 is 4.57. The number of nitro groups is 1. The van der Waals surface area contributed by atoms with Crippen LogP contribution in [-0.2, 0) is 20.9 Å². The lowest BCUT2D eigenvalue weighted by Crippen LogP contribution is -2.71. The molecule has 0 bridgehead atoms. The van der Waals surface area contributed by atoms with Gasteiger partial charge in [0.05, 0.1) is 20.8 Å². The van der Waals surface area contributed by atoms with Gasteiger partial charge < -0.3 is 9.64 Å². The lowest BCUT2D eigenvalue weighted by Gasteiger charge is -2.46. The highest BCUT2D eigenvalue weighted by Gasteiger charge is 2.68. The number of benzene rings is 2. The van der Waals surface area contributed by atoms with Crippen molar-refractivity contribution in [3.05, 3.63) is 73.3 Å². The number of nitro benzene ring substituents is 1. The van der Waals surface area contributed by atoms with Crippen molar-refractivity contribution in [3.8, 4) is 0 Å². The molecule has 3 heterocycles. The first-order valence-corrected chi connectivity index (χ1v) is 13.7. The lowest BCUT2D eigenvalue weighted by molar-refractivity contribution is -0.384. The van der Waals surface area contributed by atoms with Gasteiger partial charge >= 0.3 is 5.97 Å². The summed E-state index contributed by atoms with van der Waals surface area (Å²) in [5.74, 6) is -2.20. The van der Waals surface area contributed by atoms with E-state index in [-0.39, 0.29) is 18.2 Å². The molecule has 10 nitrogen and oxygen atoms in total. The maximum atomic E-state index is 13.5. The lowest BCUT2D eigenvalue weighted by atomic mass is 9.90. The number of rotatable bonds is 6. The van der Waals surface area contributed by atoms with Crippen LogP contribution in [0.15, 0.2) is 24.3 Å². The monoisotopic (exact) mass is 571 g/mol. The zero-order valence-electron chi connectivity index (χ0n) is 21.9. The standard InChI is InChI=1S/C27H26ClN3O7S/c1-12-13(2)15(4)19-18(14(12)3)22(32)29(23(19)33)20-24(34)30-21(27(5,11-28)39-25(20)30)26(35)38-10-16-6-8-17(9-7-16)31(36)37/h6-9,20-21,25H,10-11H2,1-5H3/t20?,21?,25-,27-/m0/s1. The molecule has 39 heavy (non-hydrogen) atoms. The molecule has 0 aromatic heterocycles. The fourth-order valence-electron chi connectivity index (χ4n) is 5.59. The number of alkyl halides is 1. The SMILES string of the molecule is Cc1c(C)c(C)c2c(c1C)C(=O)N(C1C(=O)N3C(C(=O)OCc4ccc([N+](=O)[O-])cc4)[C@](C)(CCl)S[C@@H]13)C2=O. The van der Waals surface area contributed by atoms with E-state index in [1.807, 2.05) is 13.8 Å². The van der Waals surface area contributed by atoms with Crippen molar-refractivity contribution < 1.29 is 28.8 Å². The van der Waals surface area contributed by atoms with E-state index in [0.717, 1.165) is 27.2 Å². The number of thioether (sulfide) groups is 1. The van der Waals surface area contributed by atoms with Crippen molar-refractivity contribution in [2.45, 2.75) is 63.4 Å². The number of carbonyl (C=O) groups is 4. The van der Waals surface area contributed by atoms with Crippen LogP contribution in [0, 0.1) is 37.8 Å². The van der Waals surface area contributed by atoms with Gasteiger partial charge in [-0.15, -0.1) is 23.4 Å². The Kier molecular flexibility index (Phi) is 6.50. The molecule has 3 aliphatic rings. The molecule has 2 saturated heterocycles. The average molecular weight is 572 g/mol. The number of hydrogen-bond acceptors (Lipinski definition) is 8. The number of esters is 1. The molecule has 3 aliphatic heterocycles. The molecule has 204 valence electrons. The first kappa shape index (κ1) is 27.1. The summed E-state index contributed by atoms with van der Waals surface area (Å²) in [7, 11) is 0. The van der Waals surface area contributed by atoms with Crippen LogP contribution in [0.25, 0.3) is 0 Å². The molecule has 0 spiro atoms. The number of β-lactam (4-membered cyclic amide) rings is 1. The van der Waals surface area contributed by atoms with Crippen LogP contribution in [0.1, 0.15) is 55.5 Å². The fraction of sp³-hybridized carbons (Fsp3) is 0.407. The molecule has 4 atom stereocenters. The number of fused-ring (bicyclic) bond motifs is 2. The molecule has 0 radical (unpaired) electrons. The molecule has 2 fully saturated rings. The van der Waals surface area contributed by atoms with E-state index in [1.165, 1.54) is 40.9 Å². The van der Waals surface area contributed by atoms with Crippen LogP contribution >= 0.6 is 23.4 Å². The minimum Gasteiger partial charge on any atom is -0.459 e. The van der Waals surface area contributed by atoms with Crippen molar-refractivity contribution >= 4 is 52.7 Å². The van der Waals surface area contributed by atoms with Crippen LogP contribution in [0.5, 0.6) is 0 Å². The second kappa shape index (κ2) is 9.34. The Balaban J connectivity index is 1.39. The Hall–Kier alpha value is -3.44. The van der Waals surface area contributed by atoms with Gasteiger partial charge in [-0.2, -0.15) is 0 Å². The van der Waals surface area contributed by atoms with Gasteiger partial charge in [0.15, 0.2) is 0 Å². The van der Waals surface area contributed by atoms with Gasteiger partial charge in [-0.1, -0.05) is 0 Å². The van der Waals surface area contributed by atoms with E-state index in [4.69, 9.17) is 16.3 Å². The van der Waals surface area contributed by atoms with Crippen LogP contribution in [-0.4, -0.2) is 66.5 Å². The number of imide groups is 1. The highest BCUT2D eigenvalue weighted by Crippen LogP contribution is 2.54. The molecule has 0 N–H and O–H groups in total. The van der Waals surface area contributed by atoms with Crippen molar-refractivity contribution in [1.29, 1.82) is 0 Å². The summed E-state index contributed by atoms with van der Waals surface area (Å²) in [6.07, 6.45) is 0. The summed E-state index contributed by atoms with van der Waals surface area (Å²) in [4.78, 5) is 66.6. The number of halogens is 1. The minimum atomic E-state index is -1.06.